The highest BCUT2D eigenvalue weighted by molar-refractivity contribution is 9.10. The summed E-state index contributed by atoms with van der Waals surface area (Å²) in [6, 6.07) is 16.4. The van der Waals surface area contributed by atoms with Crippen molar-refractivity contribution in [2.75, 3.05) is 14.2 Å². The first-order valence-corrected chi connectivity index (χ1v) is 7.51. The zero-order chi connectivity index (χ0) is 14.8. The summed E-state index contributed by atoms with van der Waals surface area (Å²) < 4.78 is 11.7. The lowest BCUT2D eigenvalue weighted by atomic mass is 10.0. The van der Waals surface area contributed by atoms with Crippen LogP contribution in [0.25, 0.3) is 10.8 Å². The average Bonchev–Trinajstić information content (AvgIpc) is 2.93. The quantitative estimate of drug-likeness (QED) is 0.755. The Morgan fingerprint density at radius 3 is 2.48 bits per heavy atom. The summed E-state index contributed by atoms with van der Waals surface area (Å²) in [5.41, 5.74) is 1.16. The Hall–Kier alpha value is -1.78. The fourth-order valence-corrected chi connectivity index (χ4v) is 2.82. The third-order valence-electron chi connectivity index (χ3n) is 3.57. The second-order valence-corrected chi connectivity index (χ2v) is 5.62. The molecular formula is C17H16BrNO2. The summed E-state index contributed by atoms with van der Waals surface area (Å²) >= 11 is 3.35. The van der Waals surface area contributed by atoms with Crippen molar-refractivity contribution in [1.29, 1.82) is 0 Å². The lowest BCUT2D eigenvalue weighted by Gasteiger charge is -2.15. The summed E-state index contributed by atoms with van der Waals surface area (Å²) in [4.78, 5) is 0. The molecule has 0 aliphatic rings. The largest absolute Gasteiger partial charge is 0.497 e. The number of nitrogens with one attached hydrogen (secondary N) is 1. The number of fused-ring (bicyclic) bond motifs is 1. The van der Waals surface area contributed by atoms with Gasteiger partial charge in [-0.1, -0.05) is 18.2 Å². The van der Waals surface area contributed by atoms with Crippen LogP contribution in [0.2, 0.25) is 0 Å². The minimum Gasteiger partial charge on any atom is -0.497 e. The summed E-state index contributed by atoms with van der Waals surface area (Å²) in [7, 11) is 3.61. The van der Waals surface area contributed by atoms with E-state index in [0.717, 1.165) is 27.1 Å². The number of hydrogen-bond acceptors (Lipinski definition) is 3. The molecule has 0 fully saturated rings. The number of methoxy groups -OCH3 is 1. The van der Waals surface area contributed by atoms with Gasteiger partial charge in [0.25, 0.3) is 0 Å². The molecule has 0 radical (unpaired) electrons. The van der Waals surface area contributed by atoms with E-state index < -0.39 is 0 Å². The van der Waals surface area contributed by atoms with Gasteiger partial charge in [-0.2, -0.15) is 0 Å². The van der Waals surface area contributed by atoms with Gasteiger partial charge < -0.3 is 14.5 Å². The van der Waals surface area contributed by atoms with E-state index >= 15 is 0 Å². The first kappa shape index (κ1) is 14.2. The van der Waals surface area contributed by atoms with Crippen LogP contribution in [-0.4, -0.2) is 14.2 Å². The molecule has 4 heteroatoms. The molecule has 0 spiro atoms. The summed E-state index contributed by atoms with van der Waals surface area (Å²) in [6.07, 6.45) is 0. The molecule has 2 aromatic carbocycles. The Morgan fingerprint density at radius 2 is 1.81 bits per heavy atom. The second kappa shape index (κ2) is 5.92. The molecular weight excluding hydrogens is 330 g/mol. The number of rotatable bonds is 4. The predicted molar refractivity (Wildman–Crippen MR) is 87.8 cm³/mol. The fraction of sp³-hybridized carbons (Fsp3) is 0.176. The number of hydrogen-bond donors (Lipinski definition) is 1. The first-order chi connectivity index (χ1) is 10.2. The van der Waals surface area contributed by atoms with Crippen molar-refractivity contribution in [2.24, 2.45) is 0 Å². The van der Waals surface area contributed by atoms with Crippen LogP contribution in [0.15, 0.2) is 57.6 Å². The zero-order valence-electron chi connectivity index (χ0n) is 11.9. The van der Waals surface area contributed by atoms with Gasteiger partial charge in [-0.15, -0.1) is 0 Å². The van der Waals surface area contributed by atoms with E-state index in [0.29, 0.717) is 0 Å². The maximum Gasteiger partial charge on any atom is 0.169 e. The highest BCUT2D eigenvalue weighted by Crippen LogP contribution is 2.29. The van der Waals surface area contributed by atoms with Crippen LogP contribution in [0.5, 0.6) is 5.75 Å². The Kier molecular flexibility index (Phi) is 3.99. The van der Waals surface area contributed by atoms with Crippen molar-refractivity contribution >= 4 is 26.7 Å². The van der Waals surface area contributed by atoms with Gasteiger partial charge in [-0.25, -0.2) is 0 Å². The third kappa shape index (κ3) is 2.82. The van der Waals surface area contributed by atoms with E-state index in [2.05, 4.69) is 45.5 Å². The smallest absolute Gasteiger partial charge is 0.169 e. The summed E-state index contributed by atoms with van der Waals surface area (Å²) in [5.74, 6) is 1.76. The predicted octanol–water partition coefficient (Wildman–Crippen LogP) is 4.51. The van der Waals surface area contributed by atoms with E-state index in [-0.39, 0.29) is 6.04 Å². The third-order valence-corrected chi connectivity index (χ3v) is 4.00. The van der Waals surface area contributed by atoms with Gasteiger partial charge in [-0.3, -0.25) is 0 Å². The van der Waals surface area contributed by atoms with Crippen molar-refractivity contribution in [3.8, 4) is 5.75 Å². The summed E-state index contributed by atoms with van der Waals surface area (Å²) in [6.45, 7) is 0. The number of halogens is 1. The molecule has 0 bridgehead atoms. The molecule has 21 heavy (non-hydrogen) atoms. The zero-order valence-corrected chi connectivity index (χ0v) is 13.5. The monoisotopic (exact) mass is 345 g/mol. The molecule has 0 aliphatic carbocycles. The van der Waals surface area contributed by atoms with Crippen LogP contribution in [-0.2, 0) is 0 Å². The number of ether oxygens (including phenoxy) is 1. The highest BCUT2D eigenvalue weighted by Gasteiger charge is 2.16. The van der Waals surface area contributed by atoms with E-state index in [1.807, 2.05) is 31.3 Å². The van der Waals surface area contributed by atoms with Crippen LogP contribution in [0, 0.1) is 0 Å². The van der Waals surface area contributed by atoms with Crippen molar-refractivity contribution in [1.82, 2.24) is 5.32 Å². The van der Waals surface area contributed by atoms with Gasteiger partial charge in [-0.05, 0) is 69.6 Å². The van der Waals surface area contributed by atoms with Crippen molar-refractivity contribution < 1.29 is 9.15 Å². The standard InChI is InChI=1S/C17H16BrNO2/c1-19-17(15-7-8-16(18)21-15)13-4-3-12-10-14(20-2)6-5-11(12)9-13/h3-10,17,19H,1-2H3. The molecule has 0 amide bonds. The minimum absolute atomic E-state index is 0.0304. The van der Waals surface area contributed by atoms with Crippen LogP contribution < -0.4 is 10.1 Å². The fourth-order valence-electron chi connectivity index (χ4n) is 2.51. The Labute approximate surface area is 132 Å². The van der Waals surface area contributed by atoms with Crippen molar-refractivity contribution in [3.05, 3.63) is 64.5 Å². The molecule has 3 rings (SSSR count). The van der Waals surface area contributed by atoms with E-state index in [4.69, 9.17) is 9.15 Å². The minimum atomic E-state index is 0.0304. The van der Waals surface area contributed by atoms with Crippen LogP contribution in [0.1, 0.15) is 17.4 Å². The average molecular weight is 346 g/mol. The Morgan fingerprint density at radius 1 is 1.05 bits per heavy atom. The molecule has 0 aliphatic heterocycles. The van der Waals surface area contributed by atoms with Crippen LogP contribution >= 0.6 is 15.9 Å². The number of furan rings is 1. The molecule has 1 aromatic heterocycles. The molecule has 3 aromatic rings. The molecule has 0 saturated heterocycles. The van der Waals surface area contributed by atoms with Gasteiger partial charge in [0.05, 0.1) is 13.2 Å². The topological polar surface area (TPSA) is 34.4 Å². The normalized spacial score (nSPS) is 12.5. The molecule has 1 atom stereocenters. The van der Waals surface area contributed by atoms with Crippen LogP contribution in [0.4, 0.5) is 0 Å². The van der Waals surface area contributed by atoms with Gasteiger partial charge in [0.1, 0.15) is 11.5 Å². The first-order valence-electron chi connectivity index (χ1n) is 6.71. The Balaban J connectivity index is 2.03. The number of benzene rings is 2. The lowest BCUT2D eigenvalue weighted by Crippen LogP contribution is -2.16. The van der Waals surface area contributed by atoms with Crippen LogP contribution in [0.3, 0.4) is 0 Å². The van der Waals surface area contributed by atoms with Gasteiger partial charge in [0.2, 0.25) is 0 Å². The van der Waals surface area contributed by atoms with Gasteiger partial charge in [0, 0.05) is 0 Å². The molecule has 3 nitrogen and oxygen atoms in total. The maximum absolute atomic E-state index is 5.67. The molecule has 0 saturated carbocycles. The van der Waals surface area contributed by atoms with E-state index in [1.165, 1.54) is 5.39 Å². The molecule has 1 heterocycles. The van der Waals surface area contributed by atoms with Gasteiger partial charge in [0.15, 0.2) is 4.67 Å². The maximum atomic E-state index is 5.67. The molecule has 1 N–H and O–H groups in total. The van der Waals surface area contributed by atoms with Crippen molar-refractivity contribution in [2.45, 2.75) is 6.04 Å². The highest BCUT2D eigenvalue weighted by atomic mass is 79.9. The molecule has 1 unspecified atom stereocenters. The summed E-state index contributed by atoms with van der Waals surface area (Å²) in [5, 5.41) is 5.64. The van der Waals surface area contributed by atoms with E-state index in [9.17, 15) is 0 Å². The lowest BCUT2D eigenvalue weighted by molar-refractivity contribution is 0.415. The van der Waals surface area contributed by atoms with Crippen molar-refractivity contribution in [3.63, 3.8) is 0 Å². The SMILES string of the molecule is CNC(c1ccc2cc(OC)ccc2c1)c1ccc(Br)o1. The Bertz CT molecular complexity index is 766. The van der Waals surface area contributed by atoms with E-state index in [1.54, 1.807) is 7.11 Å². The second-order valence-electron chi connectivity index (χ2n) is 4.84. The van der Waals surface area contributed by atoms with Gasteiger partial charge >= 0.3 is 0 Å². The molecule has 108 valence electrons.